The van der Waals surface area contributed by atoms with E-state index in [4.69, 9.17) is 0 Å². The van der Waals surface area contributed by atoms with Crippen LogP contribution in [0, 0.1) is 6.92 Å². The van der Waals surface area contributed by atoms with Crippen LogP contribution in [0.25, 0.3) is 0 Å². The lowest BCUT2D eigenvalue weighted by molar-refractivity contribution is 0.0951. The minimum atomic E-state index is -0.266. The molecule has 4 nitrogen and oxygen atoms in total. The van der Waals surface area contributed by atoms with Gasteiger partial charge in [0.2, 0.25) is 0 Å². The fourth-order valence-electron chi connectivity index (χ4n) is 1.73. The van der Waals surface area contributed by atoms with E-state index >= 15 is 0 Å². The number of hydrogen-bond acceptors (Lipinski definition) is 3. The van der Waals surface area contributed by atoms with Crippen LogP contribution in [0.4, 0.5) is 0 Å². The van der Waals surface area contributed by atoms with E-state index in [1.54, 1.807) is 18.2 Å². The lowest BCUT2D eigenvalue weighted by Gasteiger charge is -2.06. The molecule has 4 heteroatoms. The Balaban J connectivity index is 1.88. The van der Waals surface area contributed by atoms with Gasteiger partial charge in [-0.1, -0.05) is 18.2 Å². The number of para-hydroxylation sites is 1. The Bertz CT molecular complexity index is 565. The number of nitrogens with one attached hydrogen (secondary N) is 1. The number of carbonyl (C=O) groups excluding carboxylic acids is 1. The Morgan fingerprint density at radius 2 is 2.05 bits per heavy atom. The SMILES string of the molecule is Cc1ccc(CCNC(=O)c2ccccc2O)cn1. The quantitative estimate of drug-likeness (QED) is 0.880. The number of rotatable bonds is 4. The first-order valence-electron chi connectivity index (χ1n) is 6.14. The number of carbonyl (C=O) groups is 1. The molecule has 19 heavy (non-hydrogen) atoms. The zero-order valence-electron chi connectivity index (χ0n) is 10.8. The summed E-state index contributed by atoms with van der Waals surface area (Å²) < 4.78 is 0. The molecule has 0 unspecified atom stereocenters. The van der Waals surface area contributed by atoms with Crippen LogP contribution in [0.15, 0.2) is 42.6 Å². The van der Waals surface area contributed by atoms with Crippen LogP contribution in [0.3, 0.4) is 0 Å². The molecule has 0 aliphatic rings. The van der Waals surface area contributed by atoms with Gasteiger partial charge in [0.25, 0.3) is 5.91 Å². The van der Waals surface area contributed by atoms with Gasteiger partial charge in [-0.2, -0.15) is 0 Å². The summed E-state index contributed by atoms with van der Waals surface area (Å²) in [5.74, 6) is -0.268. The number of aryl methyl sites for hydroxylation is 1. The maximum atomic E-state index is 11.8. The van der Waals surface area contributed by atoms with E-state index < -0.39 is 0 Å². The van der Waals surface area contributed by atoms with E-state index in [0.717, 1.165) is 11.3 Å². The highest BCUT2D eigenvalue weighted by Gasteiger charge is 2.08. The normalized spacial score (nSPS) is 10.2. The summed E-state index contributed by atoms with van der Waals surface area (Å²) in [5, 5.41) is 12.3. The summed E-state index contributed by atoms with van der Waals surface area (Å²) in [6.07, 6.45) is 2.52. The average Bonchev–Trinajstić information content (AvgIpc) is 2.41. The zero-order valence-corrected chi connectivity index (χ0v) is 10.8. The summed E-state index contributed by atoms with van der Waals surface area (Å²) >= 11 is 0. The standard InChI is InChI=1S/C15H16N2O2/c1-11-6-7-12(10-17-11)8-9-16-15(19)13-4-2-3-5-14(13)18/h2-7,10,18H,8-9H2,1H3,(H,16,19). The van der Waals surface area contributed by atoms with E-state index in [2.05, 4.69) is 10.3 Å². The molecule has 2 aromatic rings. The Hall–Kier alpha value is -2.36. The van der Waals surface area contributed by atoms with Gasteiger partial charge in [-0.05, 0) is 37.1 Å². The molecule has 0 fully saturated rings. The van der Waals surface area contributed by atoms with Gasteiger partial charge >= 0.3 is 0 Å². The third kappa shape index (κ3) is 3.55. The molecule has 2 rings (SSSR count). The Labute approximate surface area is 112 Å². The number of phenolic OH excluding ortho intramolecular Hbond substituents is 1. The van der Waals surface area contributed by atoms with E-state index in [-0.39, 0.29) is 11.7 Å². The predicted molar refractivity (Wildman–Crippen MR) is 73.1 cm³/mol. The second-order valence-electron chi connectivity index (χ2n) is 4.33. The van der Waals surface area contributed by atoms with Crippen LogP contribution in [-0.2, 0) is 6.42 Å². The van der Waals surface area contributed by atoms with Gasteiger partial charge in [0.05, 0.1) is 5.56 Å². The number of phenols is 1. The number of hydrogen-bond donors (Lipinski definition) is 2. The minimum absolute atomic E-state index is 0.00278. The first kappa shape index (κ1) is 13.1. The fraction of sp³-hybridized carbons (Fsp3) is 0.200. The molecule has 1 amide bonds. The maximum absolute atomic E-state index is 11.8. The molecule has 0 spiro atoms. The van der Waals surface area contributed by atoms with Gasteiger partial charge in [0.1, 0.15) is 5.75 Å². The van der Waals surface area contributed by atoms with Gasteiger partial charge in [-0.15, -0.1) is 0 Å². The molecule has 0 aliphatic heterocycles. The maximum Gasteiger partial charge on any atom is 0.255 e. The monoisotopic (exact) mass is 256 g/mol. The lowest BCUT2D eigenvalue weighted by Crippen LogP contribution is -2.25. The van der Waals surface area contributed by atoms with Crippen molar-refractivity contribution in [3.05, 3.63) is 59.4 Å². The molecule has 0 bridgehead atoms. The van der Waals surface area contributed by atoms with Crippen molar-refractivity contribution in [1.29, 1.82) is 0 Å². The molecule has 1 heterocycles. The summed E-state index contributed by atoms with van der Waals surface area (Å²) in [6, 6.07) is 10.4. The van der Waals surface area contributed by atoms with Crippen molar-refractivity contribution in [3.63, 3.8) is 0 Å². The van der Waals surface area contributed by atoms with Gasteiger partial charge in [-0.25, -0.2) is 0 Å². The minimum Gasteiger partial charge on any atom is -0.507 e. The second kappa shape index (κ2) is 6.00. The molecule has 2 N–H and O–H groups in total. The van der Waals surface area contributed by atoms with E-state index in [1.807, 2.05) is 25.3 Å². The van der Waals surface area contributed by atoms with E-state index in [9.17, 15) is 9.90 Å². The van der Waals surface area contributed by atoms with E-state index in [1.165, 1.54) is 6.07 Å². The largest absolute Gasteiger partial charge is 0.507 e. The van der Waals surface area contributed by atoms with Crippen LogP contribution in [0.1, 0.15) is 21.6 Å². The van der Waals surface area contributed by atoms with Crippen molar-refractivity contribution in [2.45, 2.75) is 13.3 Å². The third-order valence-electron chi connectivity index (χ3n) is 2.82. The van der Waals surface area contributed by atoms with Crippen molar-refractivity contribution in [2.24, 2.45) is 0 Å². The van der Waals surface area contributed by atoms with Gasteiger partial charge < -0.3 is 10.4 Å². The summed E-state index contributed by atoms with van der Waals surface area (Å²) in [4.78, 5) is 16.0. The third-order valence-corrected chi connectivity index (χ3v) is 2.82. The first-order valence-corrected chi connectivity index (χ1v) is 6.14. The number of benzene rings is 1. The molecule has 0 radical (unpaired) electrons. The van der Waals surface area contributed by atoms with Crippen molar-refractivity contribution >= 4 is 5.91 Å². The number of nitrogens with zero attached hydrogens (tertiary/aromatic N) is 1. The summed E-state index contributed by atoms with van der Waals surface area (Å²) in [5.41, 5.74) is 2.34. The highest BCUT2D eigenvalue weighted by Crippen LogP contribution is 2.14. The fourth-order valence-corrected chi connectivity index (χ4v) is 1.73. The van der Waals surface area contributed by atoms with E-state index in [0.29, 0.717) is 18.5 Å². The molecular weight excluding hydrogens is 240 g/mol. The van der Waals surface area contributed by atoms with Crippen LogP contribution in [0.2, 0.25) is 0 Å². The van der Waals surface area contributed by atoms with Crippen LogP contribution in [-0.4, -0.2) is 22.5 Å². The van der Waals surface area contributed by atoms with Gasteiger partial charge in [0.15, 0.2) is 0 Å². The topological polar surface area (TPSA) is 62.2 Å². The molecule has 0 saturated carbocycles. The van der Waals surface area contributed by atoms with Crippen LogP contribution in [0.5, 0.6) is 5.75 Å². The average molecular weight is 256 g/mol. The van der Waals surface area contributed by atoms with Crippen molar-refractivity contribution < 1.29 is 9.90 Å². The smallest absolute Gasteiger partial charge is 0.255 e. The molecule has 0 atom stereocenters. The Morgan fingerprint density at radius 1 is 1.26 bits per heavy atom. The zero-order chi connectivity index (χ0) is 13.7. The number of pyridine rings is 1. The van der Waals surface area contributed by atoms with Crippen molar-refractivity contribution in [3.8, 4) is 5.75 Å². The number of aromatic hydroxyl groups is 1. The number of amides is 1. The molecule has 0 aliphatic carbocycles. The van der Waals surface area contributed by atoms with Crippen molar-refractivity contribution in [2.75, 3.05) is 6.54 Å². The summed E-state index contributed by atoms with van der Waals surface area (Å²) in [6.45, 7) is 2.45. The van der Waals surface area contributed by atoms with Crippen molar-refractivity contribution in [1.82, 2.24) is 10.3 Å². The van der Waals surface area contributed by atoms with Crippen LogP contribution < -0.4 is 5.32 Å². The van der Waals surface area contributed by atoms with Gasteiger partial charge in [-0.3, -0.25) is 9.78 Å². The predicted octanol–water partition coefficient (Wildman–Crippen LogP) is 2.07. The lowest BCUT2D eigenvalue weighted by atomic mass is 10.1. The van der Waals surface area contributed by atoms with Gasteiger partial charge in [0, 0.05) is 18.4 Å². The highest BCUT2D eigenvalue weighted by molar-refractivity contribution is 5.96. The Kier molecular flexibility index (Phi) is 4.13. The summed E-state index contributed by atoms with van der Waals surface area (Å²) in [7, 11) is 0. The molecular formula is C15H16N2O2. The molecule has 98 valence electrons. The molecule has 1 aromatic heterocycles. The highest BCUT2D eigenvalue weighted by atomic mass is 16.3. The Morgan fingerprint density at radius 3 is 2.74 bits per heavy atom. The first-order chi connectivity index (χ1) is 9.16. The van der Waals surface area contributed by atoms with Crippen LogP contribution >= 0.6 is 0 Å². The number of aromatic nitrogens is 1. The second-order valence-corrected chi connectivity index (χ2v) is 4.33. The molecule has 0 saturated heterocycles. The molecule has 1 aromatic carbocycles.